The monoisotopic (exact) mass is 564 g/mol. The molecule has 9 nitrogen and oxygen atoms in total. The van der Waals surface area contributed by atoms with Crippen molar-refractivity contribution in [1.82, 2.24) is 15.0 Å². The Morgan fingerprint density at radius 1 is 1.03 bits per heavy atom. The van der Waals surface area contributed by atoms with E-state index in [1.165, 1.54) is 0 Å². The first-order valence-electron chi connectivity index (χ1n) is 13.0. The van der Waals surface area contributed by atoms with Crippen LogP contribution >= 0.6 is 11.3 Å². The number of nitrogens with one attached hydrogen (secondary N) is 3. The Bertz CT molecular complexity index is 1130. The zero-order valence-electron chi connectivity index (χ0n) is 23.3. The molecule has 1 fully saturated rings. The number of benzene rings is 1. The van der Waals surface area contributed by atoms with Crippen molar-refractivity contribution in [3.63, 3.8) is 0 Å². The van der Waals surface area contributed by atoms with Crippen molar-refractivity contribution in [3.05, 3.63) is 29.4 Å². The molecule has 38 heavy (non-hydrogen) atoms. The summed E-state index contributed by atoms with van der Waals surface area (Å²) in [5, 5.41) is 6.72. The molecule has 1 aliphatic carbocycles. The Labute approximate surface area is 232 Å². The second-order valence-electron chi connectivity index (χ2n) is 11.1. The highest BCUT2D eigenvalue weighted by atomic mass is 32.2. The highest BCUT2D eigenvalue weighted by Crippen LogP contribution is 2.39. The Hall–Kier alpha value is -2.50. The number of thiazole rings is 1. The maximum Gasteiger partial charge on any atom is 0.411 e. The summed E-state index contributed by atoms with van der Waals surface area (Å²) in [5.74, 6) is 0.307. The topological polar surface area (TPSA) is 119 Å². The molecule has 1 atom stereocenters. The van der Waals surface area contributed by atoms with E-state index in [9.17, 15) is 13.8 Å². The largest absolute Gasteiger partial charge is 0.447 e. The molecule has 0 bridgehead atoms. The summed E-state index contributed by atoms with van der Waals surface area (Å²) >= 11 is 1.60. The minimum absolute atomic E-state index is 0.108. The number of hydrogen-bond donors (Lipinski definition) is 3. The first-order valence-corrected chi connectivity index (χ1v) is 15.0. The van der Waals surface area contributed by atoms with Gasteiger partial charge in [0.25, 0.3) is 0 Å². The van der Waals surface area contributed by atoms with Gasteiger partial charge >= 0.3 is 12.2 Å². The van der Waals surface area contributed by atoms with Crippen molar-refractivity contribution in [2.45, 2.75) is 109 Å². The molecule has 210 valence electrons. The number of amides is 2. The average molecular weight is 565 g/mol. The van der Waals surface area contributed by atoms with Gasteiger partial charge in [0.15, 0.2) is 0 Å². The zero-order chi connectivity index (χ0) is 28.0. The van der Waals surface area contributed by atoms with Crippen LogP contribution in [0.15, 0.2) is 29.3 Å². The molecule has 1 aromatic heterocycles. The minimum Gasteiger partial charge on any atom is -0.447 e. The number of carbonyl (C=O) groups is 2. The van der Waals surface area contributed by atoms with Gasteiger partial charge in [0.2, 0.25) is 0 Å². The molecule has 2 amide bonds. The quantitative estimate of drug-likeness (QED) is 0.344. The summed E-state index contributed by atoms with van der Waals surface area (Å²) in [6.07, 6.45) is 4.09. The van der Waals surface area contributed by atoms with E-state index in [2.05, 4.69) is 15.4 Å². The fraction of sp³-hybridized carbons (Fsp3) is 0.593. The maximum atomic E-state index is 13.4. The van der Waals surface area contributed by atoms with E-state index >= 15 is 0 Å². The van der Waals surface area contributed by atoms with Crippen LogP contribution in [0.2, 0.25) is 0 Å². The summed E-state index contributed by atoms with van der Waals surface area (Å²) in [6.45, 7) is 13.1. The molecule has 1 heterocycles. The molecule has 3 N–H and O–H groups in total. The molecule has 1 aromatic carbocycles. The predicted molar refractivity (Wildman–Crippen MR) is 152 cm³/mol. The fourth-order valence-electron chi connectivity index (χ4n) is 4.15. The van der Waals surface area contributed by atoms with Gasteiger partial charge < -0.3 is 14.8 Å². The van der Waals surface area contributed by atoms with Gasteiger partial charge in [-0.15, -0.1) is 11.3 Å². The van der Waals surface area contributed by atoms with Crippen LogP contribution in [0.5, 0.6) is 0 Å². The third-order valence-electron chi connectivity index (χ3n) is 5.70. The Kier molecular flexibility index (Phi) is 10.3. The first-order chi connectivity index (χ1) is 17.8. The molecule has 1 unspecified atom stereocenters. The first kappa shape index (κ1) is 30.0. The molecule has 3 rings (SSSR count). The predicted octanol–water partition coefficient (Wildman–Crippen LogP) is 6.34. The van der Waals surface area contributed by atoms with E-state index in [1.54, 1.807) is 37.3 Å². The van der Waals surface area contributed by atoms with Crippen LogP contribution in [0.3, 0.4) is 0 Å². The van der Waals surface area contributed by atoms with Gasteiger partial charge in [-0.2, -0.15) is 0 Å². The van der Waals surface area contributed by atoms with Gasteiger partial charge in [-0.25, -0.2) is 23.5 Å². The van der Waals surface area contributed by atoms with Crippen LogP contribution in [0.4, 0.5) is 15.3 Å². The molecule has 0 radical (unpaired) electrons. The van der Waals surface area contributed by atoms with Gasteiger partial charge in [0, 0.05) is 34.9 Å². The standard InChI is InChI=1S/C27H40N4O5S2/c1-16(2)35-25(32)29-19-10-8-18(9-11-19)24-28-15-22(37-24)21-13-12-20(30-26(33)36-17(3)4)14-23(21)38(34)31-27(5,6)7/h12-19,31H,8-11H2,1-7H3,(H,29,32)(H,30,33). The lowest BCUT2D eigenvalue weighted by Gasteiger charge is -2.28. The van der Waals surface area contributed by atoms with Crippen molar-refractivity contribution >= 4 is 40.2 Å². The van der Waals surface area contributed by atoms with Gasteiger partial charge in [-0.05, 0) is 86.3 Å². The van der Waals surface area contributed by atoms with Crippen LogP contribution in [0, 0.1) is 0 Å². The SMILES string of the molecule is CC(C)OC(=O)Nc1ccc(-c2cnc(C3CCC(NC(=O)OC(C)C)CC3)s2)c(S(=O)NC(C)(C)C)c1. The van der Waals surface area contributed by atoms with E-state index < -0.39 is 17.1 Å². The number of nitrogens with zero attached hydrogens (tertiary/aromatic N) is 1. The number of alkyl carbamates (subject to hydrolysis) is 1. The van der Waals surface area contributed by atoms with Crippen molar-refractivity contribution in [2.75, 3.05) is 5.32 Å². The molecule has 1 aliphatic rings. The second kappa shape index (κ2) is 13.0. The fourth-order valence-corrected chi connectivity index (χ4v) is 6.62. The number of aromatic nitrogens is 1. The van der Waals surface area contributed by atoms with E-state index in [1.807, 2.05) is 46.9 Å². The van der Waals surface area contributed by atoms with Crippen molar-refractivity contribution in [3.8, 4) is 10.4 Å². The third-order valence-corrected chi connectivity index (χ3v) is 8.43. The second-order valence-corrected chi connectivity index (χ2v) is 13.4. The number of anilines is 1. The van der Waals surface area contributed by atoms with Gasteiger partial charge in [-0.3, -0.25) is 5.32 Å². The molecule has 0 saturated heterocycles. The smallest absolute Gasteiger partial charge is 0.411 e. The van der Waals surface area contributed by atoms with E-state index in [-0.39, 0.29) is 29.9 Å². The summed E-state index contributed by atoms with van der Waals surface area (Å²) in [4.78, 5) is 30.3. The molecule has 2 aromatic rings. The van der Waals surface area contributed by atoms with Crippen LogP contribution in [-0.2, 0) is 20.5 Å². The maximum absolute atomic E-state index is 13.4. The van der Waals surface area contributed by atoms with Gasteiger partial charge in [-0.1, -0.05) is 6.07 Å². The van der Waals surface area contributed by atoms with Crippen LogP contribution in [0.25, 0.3) is 10.4 Å². The Morgan fingerprint density at radius 3 is 2.26 bits per heavy atom. The van der Waals surface area contributed by atoms with E-state index in [0.717, 1.165) is 41.1 Å². The third kappa shape index (κ3) is 9.06. The Balaban J connectivity index is 1.76. The van der Waals surface area contributed by atoms with E-state index in [0.29, 0.717) is 16.5 Å². The summed E-state index contributed by atoms with van der Waals surface area (Å²) in [5.41, 5.74) is 0.929. The highest BCUT2D eigenvalue weighted by molar-refractivity contribution is 7.83. The number of hydrogen-bond acceptors (Lipinski definition) is 7. The normalized spacial score (nSPS) is 18.8. The minimum atomic E-state index is -1.53. The molecule has 11 heteroatoms. The molecule has 1 saturated carbocycles. The number of rotatable bonds is 8. The van der Waals surface area contributed by atoms with Crippen LogP contribution in [-0.4, -0.2) is 45.2 Å². The summed E-state index contributed by atoms with van der Waals surface area (Å²) in [6, 6.07) is 5.47. The lowest BCUT2D eigenvalue weighted by molar-refractivity contribution is 0.109. The van der Waals surface area contributed by atoms with Crippen molar-refractivity contribution in [2.24, 2.45) is 0 Å². The Morgan fingerprint density at radius 2 is 1.66 bits per heavy atom. The van der Waals surface area contributed by atoms with Gasteiger partial charge in [0.1, 0.15) is 11.0 Å². The summed E-state index contributed by atoms with van der Waals surface area (Å²) in [7, 11) is -1.53. The van der Waals surface area contributed by atoms with Crippen LogP contribution in [0.1, 0.15) is 85.1 Å². The molecular weight excluding hydrogens is 524 g/mol. The highest BCUT2D eigenvalue weighted by Gasteiger charge is 2.27. The van der Waals surface area contributed by atoms with E-state index in [4.69, 9.17) is 14.5 Å². The zero-order valence-corrected chi connectivity index (χ0v) is 24.9. The molecule has 0 aliphatic heterocycles. The summed E-state index contributed by atoms with van der Waals surface area (Å²) < 4.78 is 26.9. The number of ether oxygens (including phenoxy) is 2. The molecule has 0 spiro atoms. The van der Waals surface area contributed by atoms with Crippen molar-refractivity contribution < 1.29 is 23.3 Å². The van der Waals surface area contributed by atoms with Gasteiger partial charge in [0.05, 0.1) is 27.0 Å². The van der Waals surface area contributed by atoms with Crippen LogP contribution < -0.4 is 15.4 Å². The molecular formula is C27H40N4O5S2. The van der Waals surface area contributed by atoms with Crippen molar-refractivity contribution in [1.29, 1.82) is 0 Å². The average Bonchev–Trinajstić information content (AvgIpc) is 3.27. The lowest BCUT2D eigenvalue weighted by atomic mass is 9.86. The lowest BCUT2D eigenvalue weighted by Crippen LogP contribution is -2.38. The number of carbonyl (C=O) groups excluding carboxylic acids is 2.